The van der Waals surface area contributed by atoms with Crippen LogP contribution in [0.1, 0.15) is 59.3 Å². The topological polar surface area (TPSA) is 35.5 Å². The lowest BCUT2D eigenvalue weighted by Gasteiger charge is -2.13. The maximum absolute atomic E-state index is 11.9. The Balaban J connectivity index is 1.93. The molecule has 0 unspecified atom stereocenters. The Morgan fingerprint density at radius 3 is 2.36 bits per heavy atom. The van der Waals surface area contributed by atoms with Gasteiger partial charge in [-0.2, -0.15) is 0 Å². The fourth-order valence-corrected chi connectivity index (χ4v) is 2.98. The van der Waals surface area contributed by atoms with Crippen molar-refractivity contribution >= 4 is 17.6 Å². The summed E-state index contributed by atoms with van der Waals surface area (Å²) in [4.78, 5) is 11.9. The van der Waals surface area contributed by atoms with Crippen LogP contribution in [0.15, 0.2) is 42.5 Å². The molecular formula is C24H31ClO3. The van der Waals surface area contributed by atoms with E-state index in [0.717, 1.165) is 43.2 Å². The van der Waals surface area contributed by atoms with Crippen molar-refractivity contribution in [1.82, 2.24) is 0 Å². The third-order valence-corrected chi connectivity index (χ3v) is 5.10. The molecule has 0 fully saturated rings. The maximum Gasteiger partial charge on any atom is 0.311 e. The number of carbonyl (C=O) groups is 1. The molecule has 0 radical (unpaired) electrons. The van der Waals surface area contributed by atoms with Gasteiger partial charge in [0.05, 0.1) is 11.6 Å². The normalized spacial score (nSPS) is 11.9. The van der Waals surface area contributed by atoms with Crippen LogP contribution in [0, 0.1) is 5.92 Å². The summed E-state index contributed by atoms with van der Waals surface area (Å²) in [6.45, 7) is 7.11. The van der Waals surface area contributed by atoms with Crippen LogP contribution in [0.3, 0.4) is 0 Å². The summed E-state index contributed by atoms with van der Waals surface area (Å²) in [6, 6.07) is 13.3. The van der Waals surface area contributed by atoms with Gasteiger partial charge in [-0.15, -0.1) is 0 Å². The number of hydrogen-bond donors (Lipinski definition) is 0. The first-order chi connectivity index (χ1) is 13.5. The molecule has 4 heteroatoms. The summed E-state index contributed by atoms with van der Waals surface area (Å²) >= 11 is 6.38. The molecule has 0 saturated heterocycles. The van der Waals surface area contributed by atoms with E-state index >= 15 is 0 Å². The van der Waals surface area contributed by atoms with Gasteiger partial charge in [-0.1, -0.05) is 76.3 Å². The number of rotatable bonds is 11. The van der Waals surface area contributed by atoms with Gasteiger partial charge < -0.3 is 9.47 Å². The fraction of sp³-hybridized carbons (Fsp3) is 0.458. The Kier molecular flexibility index (Phi) is 9.36. The summed E-state index contributed by atoms with van der Waals surface area (Å²) in [7, 11) is 0. The predicted molar refractivity (Wildman–Crippen MR) is 116 cm³/mol. The summed E-state index contributed by atoms with van der Waals surface area (Å²) in [6.07, 6.45) is 5.81. The molecule has 2 aromatic rings. The highest BCUT2D eigenvalue weighted by atomic mass is 35.5. The number of halogens is 1. The fourth-order valence-electron chi connectivity index (χ4n) is 2.74. The highest BCUT2D eigenvalue weighted by molar-refractivity contribution is 6.32. The first kappa shape index (κ1) is 22.3. The average molecular weight is 403 g/mol. The van der Waals surface area contributed by atoms with Crippen LogP contribution >= 0.6 is 11.6 Å². The summed E-state index contributed by atoms with van der Waals surface area (Å²) in [5.41, 5.74) is 2.01. The lowest BCUT2D eigenvalue weighted by Crippen LogP contribution is -2.07. The second-order valence-electron chi connectivity index (χ2n) is 7.28. The Labute approximate surface area is 174 Å². The van der Waals surface area contributed by atoms with E-state index in [9.17, 15) is 4.79 Å². The lowest BCUT2D eigenvalue weighted by molar-refractivity contribution is -0.134. The second kappa shape index (κ2) is 11.8. The average Bonchev–Trinajstić information content (AvgIpc) is 2.70. The standard InChI is InChI=1S/C24H31ClO3/c1-4-6-7-8-9-24(26)28-21-13-10-19(11-14-21)20-12-15-23(22(25)16-20)27-17-18(3)5-2/h10-16,18H,4-9,17H2,1-3H3/t18-/m0/s1. The minimum Gasteiger partial charge on any atom is -0.492 e. The maximum atomic E-state index is 11.9. The minimum absolute atomic E-state index is 0.172. The van der Waals surface area contributed by atoms with E-state index in [4.69, 9.17) is 21.1 Å². The van der Waals surface area contributed by atoms with E-state index in [1.165, 1.54) is 0 Å². The number of ether oxygens (including phenoxy) is 2. The van der Waals surface area contributed by atoms with Gasteiger partial charge in [0.25, 0.3) is 0 Å². The zero-order valence-electron chi connectivity index (χ0n) is 17.2. The number of unbranched alkanes of at least 4 members (excludes halogenated alkanes) is 3. The monoisotopic (exact) mass is 402 g/mol. The Hall–Kier alpha value is -2.00. The molecule has 28 heavy (non-hydrogen) atoms. The van der Waals surface area contributed by atoms with E-state index in [0.29, 0.717) is 35.5 Å². The molecule has 0 heterocycles. The van der Waals surface area contributed by atoms with Gasteiger partial charge in [0, 0.05) is 6.42 Å². The quantitative estimate of drug-likeness (QED) is 0.224. The molecule has 0 aromatic heterocycles. The van der Waals surface area contributed by atoms with Gasteiger partial charge >= 0.3 is 5.97 Å². The molecule has 152 valence electrons. The van der Waals surface area contributed by atoms with Crippen molar-refractivity contribution in [2.45, 2.75) is 59.3 Å². The summed E-state index contributed by atoms with van der Waals surface area (Å²) < 4.78 is 11.2. The Morgan fingerprint density at radius 1 is 1.00 bits per heavy atom. The smallest absolute Gasteiger partial charge is 0.311 e. The van der Waals surface area contributed by atoms with Gasteiger partial charge in [-0.3, -0.25) is 4.79 Å². The molecule has 0 amide bonds. The van der Waals surface area contributed by atoms with Crippen molar-refractivity contribution < 1.29 is 14.3 Å². The molecule has 0 saturated carbocycles. The summed E-state index contributed by atoms with van der Waals surface area (Å²) in [5.74, 6) is 1.61. The molecule has 1 atom stereocenters. The largest absolute Gasteiger partial charge is 0.492 e. The Morgan fingerprint density at radius 2 is 1.71 bits per heavy atom. The van der Waals surface area contributed by atoms with Gasteiger partial charge in [0.15, 0.2) is 0 Å². The molecule has 0 aliphatic carbocycles. The Bertz CT molecular complexity index is 740. The van der Waals surface area contributed by atoms with Gasteiger partial charge in [-0.25, -0.2) is 0 Å². The molecule has 0 spiro atoms. The van der Waals surface area contributed by atoms with Gasteiger partial charge in [-0.05, 0) is 47.7 Å². The molecule has 0 aliphatic heterocycles. The number of carbonyl (C=O) groups excluding carboxylic acids is 1. The van der Waals surface area contributed by atoms with Crippen molar-refractivity contribution in [2.24, 2.45) is 5.92 Å². The zero-order valence-corrected chi connectivity index (χ0v) is 17.9. The first-order valence-electron chi connectivity index (χ1n) is 10.3. The number of benzene rings is 2. The number of esters is 1. The van der Waals surface area contributed by atoms with Crippen LogP contribution in [0.5, 0.6) is 11.5 Å². The van der Waals surface area contributed by atoms with Crippen molar-refractivity contribution in [3.05, 3.63) is 47.5 Å². The predicted octanol–water partition coefficient (Wildman–Crippen LogP) is 7.31. The highest BCUT2D eigenvalue weighted by Crippen LogP contribution is 2.31. The van der Waals surface area contributed by atoms with Crippen molar-refractivity contribution in [2.75, 3.05) is 6.61 Å². The van der Waals surface area contributed by atoms with Gasteiger partial charge in [0.1, 0.15) is 11.5 Å². The van der Waals surface area contributed by atoms with Crippen LogP contribution in [-0.4, -0.2) is 12.6 Å². The van der Waals surface area contributed by atoms with E-state index in [2.05, 4.69) is 20.8 Å². The van der Waals surface area contributed by atoms with Crippen LogP contribution in [0.2, 0.25) is 5.02 Å². The number of hydrogen-bond acceptors (Lipinski definition) is 3. The van der Waals surface area contributed by atoms with E-state index < -0.39 is 0 Å². The van der Waals surface area contributed by atoms with Crippen LogP contribution in [-0.2, 0) is 4.79 Å². The van der Waals surface area contributed by atoms with E-state index in [-0.39, 0.29) is 5.97 Å². The zero-order chi connectivity index (χ0) is 20.4. The van der Waals surface area contributed by atoms with Crippen molar-refractivity contribution in [3.8, 4) is 22.6 Å². The third-order valence-electron chi connectivity index (χ3n) is 4.81. The molecule has 2 aromatic carbocycles. The minimum atomic E-state index is -0.172. The van der Waals surface area contributed by atoms with Crippen molar-refractivity contribution in [1.29, 1.82) is 0 Å². The summed E-state index contributed by atoms with van der Waals surface area (Å²) in [5, 5.41) is 0.600. The molecule has 0 bridgehead atoms. The first-order valence-corrected chi connectivity index (χ1v) is 10.6. The molecule has 0 aliphatic rings. The van der Waals surface area contributed by atoms with E-state index in [1.54, 1.807) is 0 Å². The van der Waals surface area contributed by atoms with Crippen LogP contribution in [0.4, 0.5) is 0 Å². The highest BCUT2D eigenvalue weighted by Gasteiger charge is 2.08. The van der Waals surface area contributed by atoms with Crippen LogP contribution < -0.4 is 9.47 Å². The van der Waals surface area contributed by atoms with E-state index in [1.807, 2.05) is 42.5 Å². The molecule has 0 N–H and O–H groups in total. The SMILES string of the molecule is CCCCCCC(=O)Oc1ccc(-c2ccc(OC[C@@H](C)CC)c(Cl)c2)cc1. The molecular weight excluding hydrogens is 372 g/mol. The third kappa shape index (κ3) is 7.20. The molecule has 2 rings (SSSR count). The van der Waals surface area contributed by atoms with Gasteiger partial charge in [0.2, 0.25) is 0 Å². The van der Waals surface area contributed by atoms with Crippen LogP contribution in [0.25, 0.3) is 11.1 Å². The second-order valence-corrected chi connectivity index (χ2v) is 7.69. The lowest BCUT2D eigenvalue weighted by atomic mass is 10.1. The molecule has 3 nitrogen and oxygen atoms in total. The van der Waals surface area contributed by atoms with Crippen molar-refractivity contribution in [3.63, 3.8) is 0 Å².